The molecule has 0 saturated carbocycles. The Kier molecular flexibility index (Phi) is 14.5. The SMILES string of the molecule is C=CC[C@H](CC(=O)N[C@H](CO)Cc1ccccc1)C(=O)N[C@@H](COC(=O)[C@@H](CC=C)Cc1ccccc1)C(=O)Nc1ccc2ccccc2c1. The first kappa shape index (κ1) is 37.3. The maximum Gasteiger partial charge on any atom is 0.309 e. The lowest BCUT2D eigenvalue weighted by atomic mass is 9.96. The summed E-state index contributed by atoms with van der Waals surface area (Å²) in [6, 6.07) is 30.3. The molecule has 0 fully saturated rings. The lowest BCUT2D eigenvalue weighted by Crippen LogP contribution is -2.50. The molecule has 9 nitrogen and oxygen atoms in total. The maximum absolute atomic E-state index is 13.7. The van der Waals surface area contributed by atoms with E-state index in [4.69, 9.17) is 4.74 Å². The lowest BCUT2D eigenvalue weighted by Gasteiger charge is -2.23. The van der Waals surface area contributed by atoms with Gasteiger partial charge in [0, 0.05) is 12.1 Å². The molecule has 0 spiro atoms. The van der Waals surface area contributed by atoms with Gasteiger partial charge in [-0.25, -0.2) is 0 Å². The summed E-state index contributed by atoms with van der Waals surface area (Å²) in [7, 11) is 0. The zero-order valence-electron chi connectivity index (χ0n) is 28.1. The number of amides is 3. The van der Waals surface area contributed by atoms with Crippen molar-refractivity contribution >= 4 is 40.2 Å². The van der Waals surface area contributed by atoms with Crippen LogP contribution in [0.2, 0.25) is 0 Å². The summed E-state index contributed by atoms with van der Waals surface area (Å²) in [6.45, 7) is 6.81. The fraction of sp³-hybridized carbons (Fsp3) is 0.268. The number of rotatable bonds is 19. The normalized spacial score (nSPS) is 13.2. The van der Waals surface area contributed by atoms with Crippen molar-refractivity contribution in [3.05, 3.63) is 140 Å². The van der Waals surface area contributed by atoms with E-state index in [-0.39, 0.29) is 19.4 Å². The molecule has 0 heterocycles. The molecule has 4 aromatic rings. The van der Waals surface area contributed by atoms with Gasteiger partial charge in [0.2, 0.25) is 11.8 Å². The van der Waals surface area contributed by atoms with E-state index in [1.54, 1.807) is 12.1 Å². The molecule has 260 valence electrons. The number of carbonyl (C=O) groups excluding carboxylic acids is 4. The smallest absolute Gasteiger partial charge is 0.309 e. The molecule has 9 heteroatoms. The summed E-state index contributed by atoms with van der Waals surface area (Å²) in [5.41, 5.74) is 2.40. The van der Waals surface area contributed by atoms with Gasteiger partial charge in [0.05, 0.1) is 24.5 Å². The van der Waals surface area contributed by atoms with Gasteiger partial charge in [0.1, 0.15) is 12.6 Å². The molecular weight excluding hydrogens is 630 g/mol. The number of nitrogens with one attached hydrogen (secondary N) is 3. The number of esters is 1. The fourth-order valence-corrected chi connectivity index (χ4v) is 5.67. The topological polar surface area (TPSA) is 134 Å². The van der Waals surface area contributed by atoms with Crippen LogP contribution in [0.1, 0.15) is 30.4 Å². The van der Waals surface area contributed by atoms with Crippen molar-refractivity contribution in [2.45, 2.75) is 44.2 Å². The molecule has 4 atom stereocenters. The Morgan fingerprint density at radius 1 is 0.700 bits per heavy atom. The third kappa shape index (κ3) is 11.6. The lowest BCUT2D eigenvalue weighted by molar-refractivity contribution is -0.150. The van der Waals surface area contributed by atoms with Crippen molar-refractivity contribution in [1.82, 2.24) is 10.6 Å². The van der Waals surface area contributed by atoms with Gasteiger partial charge in [-0.1, -0.05) is 103 Å². The van der Waals surface area contributed by atoms with Crippen molar-refractivity contribution < 1.29 is 29.0 Å². The fourth-order valence-electron chi connectivity index (χ4n) is 5.67. The molecule has 4 aromatic carbocycles. The van der Waals surface area contributed by atoms with Gasteiger partial charge in [0.25, 0.3) is 5.91 Å². The minimum absolute atomic E-state index is 0.152. The van der Waals surface area contributed by atoms with Crippen LogP contribution in [0.15, 0.2) is 128 Å². The Morgan fingerprint density at radius 3 is 1.94 bits per heavy atom. The quantitative estimate of drug-likeness (QED) is 0.0762. The third-order valence-electron chi connectivity index (χ3n) is 8.32. The highest BCUT2D eigenvalue weighted by Crippen LogP contribution is 2.20. The maximum atomic E-state index is 13.7. The van der Waals surface area contributed by atoms with Crippen LogP contribution >= 0.6 is 0 Å². The molecule has 0 radical (unpaired) electrons. The van der Waals surface area contributed by atoms with Gasteiger partial charge in [-0.3, -0.25) is 19.2 Å². The summed E-state index contributed by atoms with van der Waals surface area (Å²) in [5, 5.41) is 20.2. The average Bonchev–Trinajstić information content (AvgIpc) is 3.13. The van der Waals surface area contributed by atoms with E-state index in [1.807, 2.05) is 97.1 Å². The van der Waals surface area contributed by atoms with Gasteiger partial charge in [0.15, 0.2) is 0 Å². The number of aliphatic hydroxyl groups excluding tert-OH is 1. The molecule has 0 unspecified atom stereocenters. The molecule has 50 heavy (non-hydrogen) atoms. The number of carbonyl (C=O) groups is 4. The zero-order valence-corrected chi connectivity index (χ0v) is 28.1. The van der Waals surface area contributed by atoms with E-state index in [9.17, 15) is 24.3 Å². The van der Waals surface area contributed by atoms with Crippen LogP contribution in [-0.2, 0) is 36.8 Å². The summed E-state index contributed by atoms with van der Waals surface area (Å²) >= 11 is 0. The van der Waals surface area contributed by atoms with Crippen molar-refractivity contribution in [2.75, 3.05) is 18.5 Å². The molecule has 3 amide bonds. The van der Waals surface area contributed by atoms with Gasteiger partial charge in [-0.05, 0) is 59.7 Å². The van der Waals surface area contributed by atoms with E-state index < -0.39 is 54.2 Å². The first-order valence-corrected chi connectivity index (χ1v) is 16.8. The predicted octanol–water partition coefficient (Wildman–Crippen LogP) is 5.54. The highest BCUT2D eigenvalue weighted by molar-refractivity contribution is 5.99. The number of benzene rings is 4. The predicted molar refractivity (Wildman–Crippen MR) is 196 cm³/mol. The minimum Gasteiger partial charge on any atom is -0.463 e. The van der Waals surface area contributed by atoms with E-state index in [0.717, 1.165) is 21.9 Å². The van der Waals surface area contributed by atoms with Crippen LogP contribution in [0.5, 0.6) is 0 Å². The standard InChI is InChI=1S/C41H45N3O6/c1-3-13-33(26-38(46)42-36(27-45)24-30-17-9-6-10-18-30)39(47)44-37(40(48)43-35-22-21-31-19-11-12-20-32(31)25-35)28-50-41(49)34(14-4-2)23-29-15-7-5-8-16-29/h3-12,15-22,25,33-34,36-37,45H,1-2,13-14,23-24,26-28H2,(H,42,46)(H,43,48)(H,44,47)/t33-,34+,36+,37+/m1/s1. The Morgan fingerprint density at radius 2 is 1.30 bits per heavy atom. The van der Waals surface area contributed by atoms with Gasteiger partial charge >= 0.3 is 5.97 Å². The number of hydrogen-bond donors (Lipinski definition) is 4. The number of allylic oxidation sites excluding steroid dienone is 2. The first-order chi connectivity index (χ1) is 24.3. The van der Waals surface area contributed by atoms with Gasteiger partial charge in [-0.2, -0.15) is 0 Å². The summed E-state index contributed by atoms with van der Waals surface area (Å²) in [6.07, 6.45) is 4.32. The van der Waals surface area contributed by atoms with Crippen molar-refractivity contribution in [2.24, 2.45) is 11.8 Å². The highest BCUT2D eigenvalue weighted by atomic mass is 16.5. The average molecular weight is 676 g/mol. The summed E-state index contributed by atoms with van der Waals surface area (Å²) in [4.78, 5) is 53.7. The highest BCUT2D eigenvalue weighted by Gasteiger charge is 2.30. The van der Waals surface area contributed by atoms with Crippen LogP contribution in [0.4, 0.5) is 5.69 Å². The van der Waals surface area contributed by atoms with Crippen LogP contribution in [0.3, 0.4) is 0 Å². The first-order valence-electron chi connectivity index (χ1n) is 16.8. The van der Waals surface area contributed by atoms with E-state index in [1.165, 1.54) is 6.08 Å². The van der Waals surface area contributed by atoms with Crippen LogP contribution < -0.4 is 16.0 Å². The second kappa shape index (κ2) is 19.5. The second-order valence-electron chi connectivity index (χ2n) is 12.2. The van der Waals surface area contributed by atoms with Crippen molar-refractivity contribution in [1.29, 1.82) is 0 Å². The number of ether oxygens (including phenoxy) is 1. The Bertz CT molecular complexity index is 1740. The molecule has 0 saturated heterocycles. The van der Waals surface area contributed by atoms with Crippen LogP contribution in [-0.4, -0.2) is 54.1 Å². The molecule has 0 bridgehead atoms. The molecule has 4 rings (SSSR count). The Labute approximate surface area is 293 Å². The van der Waals surface area contributed by atoms with Crippen molar-refractivity contribution in [3.8, 4) is 0 Å². The largest absolute Gasteiger partial charge is 0.463 e. The molecule has 0 aliphatic carbocycles. The van der Waals surface area contributed by atoms with Crippen LogP contribution in [0, 0.1) is 11.8 Å². The van der Waals surface area contributed by atoms with E-state index in [0.29, 0.717) is 24.9 Å². The minimum atomic E-state index is -1.27. The van der Waals surface area contributed by atoms with E-state index in [2.05, 4.69) is 29.1 Å². The van der Waals surface area contributed by atoms with Gasteiger partial charge in [-0.15, -0.1) is 13.2 Å². The molecular formula is C41H45N3O6. The second-order valence-corrected chi connectivity index (χ2v) is 12.2. The van der Waals surface area contributed by atoms with Gasteiger partial charge < -0.3 is 25.8 Å². The van der Waals surface area contributed by atoms with Crippen LogP contribution in [0.25, 0.3) is 10.8 Å². The zero-order chi connectivity index (χ0) is 35.7. The summed E-state index contributed by atoms with van der Waals surface area (Å²) in [5.74, 6) is -3.54. The van der Waals surface area contributed by atoms with Crippen molar-refractivity contribution in [3.63, 3.8) is 0 Å². The number of fused-ring (bicyclic) bond motifs is 1. The summed E-state index contributed by atoms with van der Waals surface area (Å²) < 4.78 is 5.68. The molecule has 0 aliphatic heterocycles. The molecule has 0 aromatic heterocycles. The molecule has 0 aliphatic rings. The van der Waals surface area contributed by atoms with E-state index >= 15 is 0 Å². The number of aliphatic hydroxyl groups is 1. The number of anilines is 1. The third-order valence-corrected chi connectivity index (χ3v) is 8.32. The molecule has 4 N–H and O–H groups in total. The number of hydrogen-bond acceptors (Lipinski definition) is 6. The Hall–Kier alpha value is -5.54. The monoisotopic (exact) mass is 675 g/mol. The Balaban J connectivity index is 1.47.